The van der Waals surface area contributed by atoms with Gasteiger partial charge in [0, 0.05) is 41.5 Å². The van der Waals surface area contributed by atoms with E-state index in [0.29, 0.717) is 48.3 Å². The number of fused-ring (bicyclic) bond motifs is 2. The molecule has 3 aliphatic heterocycles. The Morgan fingerprint density at radius 2 is 1.98 bits per heavy atom. The van der Waals surface area contributed by atoms with Crippen LogP contribution in [0.15, 0.2) is 47.1 Å². The lowest BCUT2D eigenvalue weighted by Gasteiger charge is -2.39. The molecule has 3 aliphatic rings. The van der Waals surface area contributed by atoms with Crippen molar-refractivity contribution in [2.24, 2.45) is 0 Å². The first kappa shape index (κ1) is 24.6. The molecular weight excluding hydrogens is 513 g/mol. The van der Waals surface area contributed by atoms with Crippen molar-refractivity contribution in [1.82, 2.24) is 34.6 Å². The van der Waals surface area contributed by atoms with Crippen LogP contribution in [0.3, 0.4) is 0 Å². The van der Waals surface area contributed by atoms with E-state index >= 15 is 4.39 Å². The number of carbonyl (C=O) groups is 2. The molecule has 3 aromatic heterocycles. The number of quaternary nitrogens is 1. The number of rotatable bonds is 5. The first-order valence-electron chi connectivity index (χ1n) is 13.6. The standard InChI is InChI=1S/C29H28FN7O3/c1-3-20-14-32-27(40-20)15-31-26(39)16-35-24-6-4-5-21-22-12-25-19(11-23(22)30)13-33-36(25)37(17(2)38)9-7-18(8-10-37)29(34-35)28(21)24/h4-6,11-14,18H,3,7-10,15-16H2,1-2H3/p+1. The molecule has 4 bridgehead atoms. The minimum atomic E-state index is -0.371. The summed E-state index contributed by atoms with van der Waals surface area (Å²) in [6.45, 7) is 4.86. The van der Waals surface area contributed by atoms with Gasteiger partial charge in [-0.25, -0.2) is 14.2 Å². The third-order valence-corrected chi connectivity index (χ3v) is 8.44. The van der Waals surface area contributed by atoms with E-state index in [0.717, 1.165) is 34.3 Å². The van der Waals surface area contributed by atoms with Crippen LogP contribution in [0, 0.1) is 5.82 Å². The first-order valence-corrected chi connectivity index (χ1v) is 13.6. The van der Waals surface area contributed by atoms with Crippen LogP contribution in [-0.2, 0) is 29.1 Å². The molecule has 0 unspecified atom stereocenters. The Hall–Kier alpha value is -4.38. The molecule has 1 saturated heterocycles. The van der Waals surface area contributed by atoms with Crippen molar-refractivity contribution >= 4 is 33.6 Å². The van der Waals surface area contributed by atoms with Crippen molar-refractivity contribution in [2.45, 2.75) is 52.1 Å². The lowest BCUT2D eigenvalue weighted by Crippen LogP contribution is -2.65. The van der Waals surface area contributed by atoms with Crippen molar-refractivity contribution in [1.29, 1.82) is 0 Å². The van der Waals surface area contributed by atoms with E-state index in [2.05, 4.69) is 15.4 Å². The number of hydrogen-bond donors (Lipinski definition) is 1. The molecular formula is C29H29FN7O3+. The topological polar surface area (TPSA) is 108 Å². The molecule has 10 nitrogen and oxygen atoms in total. The SMILES string of the molecule is CCc1cnc(CNC(=O)Cn2nc3c4c(cccc42)-c2cc4c(cnn4[N+]4(C(C)=O)CCC3CC4)cc2F)o1. The Kier molecular flexibility index (Phi) is 5.60. The molecule has 1 fully saturated rings. The van der Waals surface area contributed by atoms with Crippen molar-refractivity contribution in [3.8, 4) is 11.1 Å². The highest BCUT2D eigenvalue weighted by Crippen LogP contribution is 2.42. The number of nitrogens with zero attached hydrogens (tertiary/aromatic N) is 6. The third kappa shape index (κ3) is 3.68. The van der Waals surface area contributed by atoms with Crippen LogP contribution in [0.2, 0.25) is 0 Å². The normalized spacial score (nSPS) is 19.8. The lowest BCUT2D eigenvalue weighted by atomic mass is 9.88. The van der Waals surface area contributed by atoms with Gasteiger partial charge >= 0.3 is 5.91 Å². The number of carbonyl (C=O) groups excluding carboxylic acids is 2. The number of piperidine rings is 1. The fourth-order valence-electron chi connectivity index (χ4n) is 6.30. The summed E-state index contributed by atoms with van der Waals surface area (Å²) in [5, 5.41) is 13.9. The summed E-state index contributed by atoms with van der Waals surface area (Å²) >= 11 is 0. The molecule has 0 aliphatic carbocycles. The summed E-state index contributed by atoms with van der Waals surface area (Å²) in [6, 6.07) is 8.96. The Labute approximate surface area is 228 Å². The van der Waals surface area contributed by atoms with Crippen molar-refractivity contribution in [2.75, 3.05) is 13.1 Å². The van der Waals surface area contributed by atoms with Crippen LogP contribution in [0.5, 0.6) is 0 Å². The fraction of sp³-hybridized carbons (Fsp3) is 0.345. The quantitative estimate of drug-likeness (QED) is 0.337. The minimum Gasteiger partial charge on any atom is -0.444 e. The van der Waals surface area contributed by atoms with Gasteiger partial charge in [0.15, 0.2) is 0 Å². The summed E-state index contributed by atoms with van der Waals surface area (Å²) in [7, 11) is 0. The van der Waals surface area contributed by atoms with Gasteiger partial charge in [0.25, 0.3) is 0 Å². The van der Waals surface area contributed by atoms with Gasteiger partial charge in [-0.2, -0.15) is 5.10 Å². The molecule has 0 radical (unpaired) electrons. The molecule has 0 spiro atoms. The molecule has 204 valence electrons. The molecule has 11 heteroatoms. The van der Waals surface area contributed by atoms with E-state index in [9.17, 15) is 9.59 Å². The Bertz CT molecular complexity index is 1810. The van der Waals surface area contributed by atoms with Crippen LogP contribution in [0.1, 0.15) is 50.0 Å². The smallest absolute Gasteiger partial charge is 0.336 e. The van der Waals surface area contributed by atoms with Gasteiger partial charge in [0.05, 0.1) is 37.1 Å². The maximum absolute atomic E-state index is 15.7. The zero-order chi connectivity index (χ0) is 27.6. The summed E-state index contributed by atoms with van der Waals surface area (Å²) in [5.74, 6) is 0.656. The molecule has 40 heavy (non-hydrogen) atoms. The van der Waals surface area contributed by atoms with Crippen LogP contribution in [0.4, 0.5) is 4.39 Å². The van der Waals surface area contributed by atoms with E-state index in [1.54, 1.807) is 34.9 Å². The van der Waals surface area contributed by atoms with Gasteiger partial charge in [0.1, 0.15) is 36.7 Å². The monoisotopic (exact) mass is 542 g/mol. The Morgan fingerprint density at radius 3 is 2.73 bits per heavy atom. The summed E-state index contributed by atoms with van der Waals surface area (Å²) in [6.07, 6.45) is 5.44. The molecule has 2 aromatic carbocycles. The summed E-state index contributed by atoms with van der Waals surface area (Å²) < 4.78 is 23.0. The molecule has 5 aromatic rings. The second-order valence-electron chi connectivity index (χ2n) is 10.7. The number of oxazole rings is 1. The van der Waals surface area contributed by atoms with Gasteiger partial charge in [-0.05, 0) is 23.8 Å². The number of benzene rings is 2. The molecule has 2 amide bonds. The number of hydrogen-bond acceptors (Lipinski definition) is 6. The second kappa shape index (κ2) is 9.09. The lowest BCUT2D eigenvalue weighted by molar-refractivity contribution is -0.137. The number of nitrogens with one attached hydrogen (secondary N) is 1. The first-order chi connectivity index (χ1) is 19.4. The largest absolute Gasteiger partial charge is 0.444 e. The predicted octanol–water partition coefficient (Wildman–Crippen LogP) is 3.94. The fourth-order valence-corrected chi connectivity index (χ4v) is 6.30. The Balaban J connectivity index is 1.34. The zero-order valence-electron chi connectivity index (χ0n) is 22.4. The highest BCUT2D eigenvalue weighted by molar-refractivity contribution is 6.00. The number of halogens is 1. The number of amides is 2. The van der Waals surface area contributed by atoms with E-state index in [4.69, 9.17) is 9.52 Å². The summed E-state index contributed by atoms with van der Waals surface area (Å²) in [5.41, 5.74) is 3.45. The predicted molar refractivity (Wildman–Crippen MR) is 146 cm³/mol. The van der Waals surface area contributed by atoms with Crippen LogP contribution >= 0.6 is 0 Å². The maximum atomic E-state index is 15.7. The zero-order valence-corrected chi connectivity index (χ0v) is 22.4. The van der Waals surface area contributed by atoms with E-state index in [1.165, 1.54) is 6.07 Å². The number of aryl methyl sites for hydroxylation is 1. The highest BCUT2D eigenvalue weighted by atomic mass is 19.1. The molecule has 6 heterocycles. The minimum absolute atomic E-state index is 0.00413. The molecule has 8 rings (SSSR count). The van der Waals surface area contributed by atoms with Crippen LogP contribution in [0.25, 0.3) is 32.9 Å². The summed E-state index contributed by atoms with van der Waals surface area (Å²) in [4.78, 5) is 32.1. The van der Waals surface area contributed by atoms with E-state index < -0.39 is 0 Å². The third-order valence-electron chi connectivity index (χ3n) is 8.44. The maximum Gasteiger partial charge on any atom is 0.336 e. The Morgan fingerprint density at radius 1 is 1.15 bits per heavy atom. The van der Waals surface area contributed by atoms with Gasteiger partial charge in [-0.1, -0.05) is 23.8 Å². The van der Waals surface area contributed by atoms with E-state index in [1.807, 2.05) is 25.1 Å². The average Bonchev–Trinajstić information content (AvgIpc) is 3.68. The van der Waals surface area contributed by atoms with E-state index in [-0.39, 0.29) is 41.2 Å². The molecule has 0 saturated carbocycles. The van der Waals surface area contributed by atoms with Gasteiger partial charge in [-0.15, -0.1) is 9.69 Å². The van der Waals surface area contributed by atoms with Crippen molar-refractivity contribution in [3.63, 3.8) is 0 Å². The van der Waals surface area contributed by atoms with Gasteiger partial charge < -0.3 is 9.73 Å². The molecule has 1 N–H and O–H groups in total. The second-order valence-corrected chi connectivity index (χ2v) is 10.7. The van der Waals surface area contributed by atoms with Gasteiger partial charge in [0.2, 0.25) is 11.8 Å². The van der Waals surface area contributed by atoms with Crippen molar-refractivity contribution in [3.05, 3.63) is 65.9 Å². The van der Waals surface area contributed by atoms with Crippen molar-refractivity contribution < 1.29 is 18.4 Å². The highest BCUT2D eigenvalue weighted by Gasteiger charge is 2.44. The van der Waals surface area contributed by atoms with Gasteiger partial charge in [-0.3, -0.25) is 9.48 Å². The van der Waals surface area contributed by atoms with Crippen LogP contribution < -0.4 is 9.91 Å². The number of aromatic nitrogens is 5. The molecule has 0 atom stereocenters. The van der Waals surface area contributed by atoms with Crippen LogP contribution in [-0.4, -0.2) is 49.6 Å². The average molecular weight is 543 g/mol.